The van der Waals surface area contributed by atoms with Crippen LogP contribution in [0.1, 0.15) is 47.8 Å². The molecule has 0 aliphatic heterocycles. The summed E-state index contributed by atoms with van der Waals surface area (Å²) >= 11 is 3.31. The largest absolute Gasteiger partial charge is 0.366 e. The molecule has 3 aromatic rings. The average molecular weight is 492 g/mol. The predicted molar refractivity (Wildman–Crippen MR) is 119 cm³/mol. The first-order valence-corrected chi connectivity index (χ1v) is 11.8. The van der Waals surface area contributed by atoms with E-state index in [1.54, 1.807) is 29.0 Å². The fourth-order valence-corrected chi connectivity index (χ4v) is 4.18. The number of amides is 1. The fraction of sp³-hybridized carbons (Fsp3) is 0.350. The molecule has 0 bridgehead atoms. The van der Waals surface area contributed by atoms with E-state index in [1.165, 1.54) is 12.5 Å². The van der Waals surface area contributed by atoms with Crippen LogP contribution < -0.4 is 11.3 Å². The number of hydrogen-bond acceptors (Lipinski definition) is 6. The van der Waals surface area contributed by atoms with Crippen LogP contribution in [0.5, 0.6) is 0 Å². The molecule has 1 amide bonds. The van der Waals surface area contributed by atoms with Gasteiger partial charge in [0.1, 0.15) is 5.65 Å². The van der Waals surface area contributed by atoms with Crippen LogP contribution in [0.25, 0.3) is 11.0 Å². The van der Waals surface area contributed by atoms with Crippen molar-refractivity contribution in [1.29, 1.82) is 0 Å². The Balaban J connectivity index is 0.000000216. The van der Waals surface area contributed by atoms with Crippen molar-refractivity contribution in [2.24, 2.45) is 5.73 Å². The first-order chi connectivity index (χ1) is 14.3. The Kier molecular flexibility index (Phi) is 7.09. The molecule has 1 aliphatic rings. The molecule has 0 saturated heterocycles. The molecule has 30 heavy (non-hydrogen) atoms. The Morgan fingerprint density at radius 3 is 2.50 bits per heavy atom. The molecule has 2 N–H and O–H groups in total. The number of aromatic nitrogens is 4. The van der Waals surface area contributed by atoms with Crippen LogP contribution in [0.2, 0.25) is 0 Å². The highest BCUT2D eigenvalue weighted by molar-refractivity contribution is 9.10. The summed E-state index contributed by atoms with van der Waals surface area (Å²) in [6.45, 7) is 1.85. The van der Waals surface area contributed by atoms with Gasteiger partial charge in [0, 0.05) is 35.8 Å². The first kappa shape index (κ1) is 22.2. The van der Waals surface area contributed by atoms with Crippen LogP contribution in [0.4, 0.5) is 0 Å². The minimum atomic E-state index is -1.26. The number of aryl methyl sites for hydroxylation is 1. The van der Waals surface area contributed by atoms with Gasteiger partial charge in [0.25, 0.3) is 5.56 Å². The summed E-state index contributed by atoms with van der Waals surface area (Å²) in [4.78, 5) is 35.3. The third-order valence-corrected chi connectivity index (χ3v) is 6.13. The molecule has 0 radical (unpaired) electrons. The van der Waals surface area contributed by atoms with Gasteiger partial charge in [0.2, 0.25) is 11.1 Å². The van der Waals surface area contributed by atoms with Crippen molar-refractivity contribution in [3.8, 4) is 0 Å². The molecule has 0 spiro atoms. The lowest BCUT2D eigenvalue weighted by atomic mass is 10.2. The molecule has 1 saturated carbocycles. The topological polar surface area (TPSA) is 121 Å². The predicted octanol–water partition coefficient (Wildman–Crippen LogP) is 2.90. The summed E-state index contributed by atoms with van der Waals surface area (Å²) in [6.07, 6.45) is 8.87. The highest BCUT2D eigenvalue weighted by atomic mass is 79.9. The molecule has 4 rings (SSSR count). The van der Waals surface area contributed by atoms with Crippen molar-refractivity contribution in [3.05, 3.63) is 56.7 Å². The molecule has 8 nitrogen and oxygen atoms in total. The van der Waals surface area contributed by atoms with Crippen molar-refractivity contribution >= 4 is 43.7 Å². The van der Waals surface area contributed by atoms with Crippen LogP contribution in [0.15, 0.2) is 45.0 Å². The number of carbonyl (C=O) groups is 1. The molecule has 10 heteroatoms. The third kappa shape index (κ3) is 4.99. The zero-order valence-corrected chi connectivity index (χ0v) is 19.1. The van der Waals surface area contributed by atoms with E-state index in [0.29, 0.717) is 15.7 Å². The zero-order chi connectivity index (χ0) is 21.8. The molecular formula is C20H22BrN5O3S. The van der Waals surface area contributed by atoms with Gasteiger partial charge in [-0.1, -0.05) is 12.8 Å². The van der Waals surface area contributed by atoms with Crippen LogP contribution in [-0.4, -0.2) is 35.9 Å². The van der Waals surface area contributed by atoms with E-state index in [-0.39, 0.29) is 16.8 Å². The Hall–Kier alpha value is -2.46. The van der Waals surface area contributed by atoms with E-state index in [4.69, 9.17) is 5.73 Å². The summed E-state index contributed by atoms with van der Waals surface area (Å²) in [6, 6.07) is 5.31. The second kappa shape index (κ2) is 9.57. The fourth-order valence-electron chi connectivity index (χ4n) is 3.32. The molecule has 3 heterocycles. The number of pyridine rings is 2. The Morgan fingerprint density at radius 1 is 1.23 bits per heavy atom. The smallest absolute Gasteiger partial charge is 0.266 e. The quantitative estimate of drug-likeness (QED) is 0.562. The number of carbonyl (C=O) groups excluding carboxylic acids is 1. The number of nitrogens with zero attached hydrogens (tertiary/aromatic N) is 4. The van der Waals surface area contributed by atoms with Gasteiger partial charge in [-0.15, -0.1) is 0 Å². The van der Waals surface area contributed by atoms with Gasteiger partial charge < -0.3 is 5.73 Å². The van der Waals surface area contributed by atoms with Crippen LogP contribution in [0, 0.1) is 6.92 Å². The van der Waals surface area contributed by atoms with Gasteiger partial charge in [-0.3, -0.25) is 23.3 Å². The summed E-state index contributed by atoms with van der Waals surface area (Å²) in [5, 5.41) is 1.06. The van der Waals surface area contributed by atoms with E-state index in [2.05, 4.69) is 30.9 Å². The average Bonchev–Trinajstić information content (AvgIpc) is 3.23. The minimum Gasteiger partial charge on any atom is -0.366 e. The maximum absolute atomic E-state index is 12.4. The van der Waals surface area contributed by atoms with Crippen LogP contribution >= 0.6 is 15.9 Å². The molecule has 1 aliphatic carbocycles. The lowest BCUT2D eigenvalue weighted by molar-refractivity contribution is 0.1000. The summed E-state index contributed by atoms with van der Waals surface area (Å²) in [5.74, 6) is -0.438. The Labute approximate surface area is 184 Å². The van der Waals surface area contributed by atoms with E-state index >= 15 is 0 Å². The standard InChI is InChI=1S/C13H14BrN3O2S.C7H8N2O/c1-20(19)13-15-7-8-6-10(14)12(18)17(11(8)16-13)9-4-2-3-5-9;1-5-2-3-6(4-9-5)7(8)10/h6-7,9H,2-5H2,1H3;2-4H,1H3,(H2,8,10). The van der Waals surface area contributed by atoms with E-state index in [9.17, 15) is 13.8 Å². The van der Waals surface area contributed by atoms with Crippen molar-refractivity contribution in [3.63, 3.8) is 0 Å². The number of halogens is 1. The molecule has 1 fully saturated rings. The van der Waals surface area contributed by atoms with Gasteiger partial charge in [0.05, 0.1) is 20.8 Å². The highest BCUT2D eigenvalue weighted by Gasteiger charge is 2.22. The number of fused-ring (bicyclic) bond motifs is 1. The molecule has 1 atom stereocenters. The number of rotatable bonds is 3. The second-order valence-corrected chi connectivity index (χ2v) is 9.17. The monoisotopic (exact) mass is 491 g/mol. The lowest BCUT2D eigenvalue weighted by Crippen LogP contribution is -2.25. The van der Waals surface area contributed by atoms with Gasteiger partial charge in [-0.25, -0.2) is 9.97 Å². The number of nitrogens with two attached hydrogens (primary N) is 1. The summed E-state index contributed by atoms with van der Waals surface area (Å²) < 4.78 is 13.8. The van der Waals surface area contributed by atoms with Crippen molar-refractivity contribution in [2.75, 3.05) is 6.26 Å². The van der Waals surface area contributed by atoms with Crippen LogP contribution in [0.3, 0.4) is 0 Å². The van der Waals surface area contributed by atoms with Crippen LogP contribution in [-0.2, 0) is 10.8 Å². The molecule has 158 valence electrons. The minimum absolute atomic E-state index is 0.0732. The third-order valence-electron chi connectivity index (χ3n) is 4.85. The molecule has 0 aromatic carbocycles. The summed E-state index contributed by atoms with van der Waals surface area (Å²) in [7, 11) is -1.26. The summed E-state index contributed by atoms with van der Waals surface area (Å²) in [5.41, 5.74) is 6.83. The number of primary amides is 1. The normalized spacial score (nSPS) is 14.9. The SMILES string of the molecule is CS(=O)c1ncc2cc(Br)c(=O)n(C3CCCC3)c2n1.Cc1ccc(C(N)=O)cn1. The molecule has 1 unspecified atom stereocenters. The van der Waals surface area contributed by atoms with Gasteiger partial charge >= 0.3 is 0 Å². The zero-order valence-electron chi connectivity index (χ0n) is 16.7. The van der Waals surface area contributed by atoms with Crippen molar-refractivity contribution in [1.82, 2.24) is 19.5 Å². The molecular weight excluding hydrogens is 470 g/mol. The Bertz CT molecular complexity index is 1160. The highest BCUT2D eigenvalue weighted by Crippen LogP contribution is 2.31. The van der Waals surface area contributed by atoms with Crippen molar-refractivity contribution in [2.45, 2.75) is 43.8 Å². The lowest BCUT2D eigenvalue weighted by Gasteiger charge is -2.16. The van der Waals surface area contributed by atoms with E-state index < -0.39 is 16.7 Å². The number of hydrogen-bond donors (Lipinski definition) is 1. The first-order valence-electron chi connectivity index (χ1n) is 9.41. The maximum atomic E-state index is 12.4. The maximum Gasteiger partial charge on any atom is 0.266 e. The van der Waals surface area contributed by atoms with E-state index in [0.717, 1.165) is 36.8 Å². The van der Waals surface area contributed by atoms with E-state index in [1.807, 2.05) is 6.92 Å². The Morgan fingerprint density at radius 2 is 1.93 bits per heavy atom. The second-order valence-electron chi connectivity index (χ2n) is 7.04. The molecule has 3 aromatic heterocycles. The van der Waals surface area contributed by atoms with Gasteiger partial charge in [-0.2, -0.15) is 0 Å². The van der Waals surface area contributed by atoms with Gasteiger partial charge in [-0.05, 0) is 53.9 Å². The van der Waals surface area contributed by atoms with Crippen molar-refractivity contribution < 1.29 is 9.00 Å². The van der Waals surface area contributed by atoms with Gasteiger partial charge in [0.15, 0.2) is 0 Å².